The molecule has 0 aromatic heterocycles. The largest absolute Gasteiger partial charge is 0.494 e. The first-order chi connectivity index (χ1) is 21.4. The normalized spacial score (nSPS) is 13.0. The fraction of sp³-hybridized carbons (Fsp3) is 0.270. The van der Waals surface area contributed by atoms with Crippen LogP contribution in [0.2, 0.25) is 0 Å². The van der Waals surface area contributed by atoms with Gasteiger partial charge in [-0.3, -0.25) is 9.59 Å². The Morgan fingerprint density at radius 2 is 1.61 bits per heavy atom. The number of nitrogens with one attached hydrogen (secondary N) is 1. The van der Waals surface area contributed by atoms with Crippen molar-refractivity contribution in [3.05, 3.63) is 125 Å². The minimum atomic E-state index is -0.701. The molecule has 0 saturated heterocycles. The Hall–Kier alpha value is -4.91. The molecule has 1 aliphatic carbocycles. The van der Waals surface area contributed by atoms with Gasteiger partial charge in [0.1, 0.15) is 11.8 Å². The first-order valence-corrected chi connectivity index (χ1v) is 15.1. The molecule has 226 valence electrons. The van der Waals surface area contributed by atoms with Gasteiger partial charge in [-0.05, 0) is 73.7 Å². The number of aryl methyl sites for hydroxylation is 1. The summed E-state index contributed by atoms with van der Waals surface area (Å²) in [5.74, 6) is 0.501. The first kappa shape index (κ1) is 30.5. The highest BCUT2D eigenvalue weighted by Gasteiger charge is 2.34. The van der Waals surface area contributed by atoms with E-state index in [-0.39, 0.29) is 17.6 Å². The summed E-state index contributed by atoms with van der Waals surface area (Å²) >= 11 is 0. The highest BCUT2D eigenvalue weighted by Crippen LogP contribution is 2.33. The smallest absolute Gasteiger partial charge is 0.328 e. The summed E-state index contributed by atoms with van der Waals surface area (Å²) < 4.78 is 11.1. The summed E-state index contributed by atoms with van der Waals surface area (Å²) in [5.41, 5.74) is 4.60. The lowest BCUT2D eigenvalue weighted by Crippen LogP contribution is -2.34. The van der Waals surface area contributed by atoms with E-state index in [1.54, 1.807) is 30.3 Å². The molecule has 0 spiro atoms. The van der Waals surface area contributed by atoms with Crippen LogP contribution in [0.15, 0.2) is 103 Å². The molecule has 1 amide bonds. The first-order valence-electron chi connectivity index (χ1n) is 15.1. The summed E-state index contributed by atoms with van der Waals surface area (Å²) in [4.78, 5) is 40.8. The molecule has 7 heteroatoms. The molecule has 44 heavy (non-hydrogen) atoms. The summed E-state index contributed by atoms with van der Waals surface area (Å²) in [6.07, 6.45) is 2.99. The molecule has 1 atom stereocenters. The predicted molar refractivity (Wildman–Crippen MR) is 172 cm³/mol. The Morgan fingerprint density at radius 3 is 2.32 bits per heavy atom. The summed E-state index contributed by atoms with van der Waals surface area (Å²) in [5, 5.41) is 3.24. The second-order valence-electron chi connectivity index (χ2n) is 11.1. The zero-order valence-corrected chi connectivity index (χ0v) is 25.2. The highest BCUT2D eigenvalue weighted by atomic mass is 16.5. The molecule has 0 heterocycles. The van der Waals surface area contributed by atoms with Gasteiger partial charge in [0.05, 0.1) is 13.7 Å². The van der Waals surface area contributed by atoms with Gasteiger partial charge < -0.3 is 19.7 Å². The SMILES string of the molecule is COC(=O)[C@H](Cc1ccc(OCCCN(C(=O)C2CC2)c2cccc(C)c2)cc1)Nc1ccccc1C(=O)c1ccccc1. The number of ketones is 1. The van der Waals surface area contributed by atoms with Gasteiger partial charge >= 0.3 is 5.97 Å². The van der Waals surface area contributed by atoms with Gasteiger partial charge in [-0.1, -0.05) is 66.7 Å². The van der Waals surface area contributed by atoms with E-state index in [1.165, 1.54) is 7.11 Å². The summed E-state index contributed by atoms with van der Waals surface area (Å²) in [6, 6.07) is 31.2. The van der Waals surface area contributed by atoms with Crippen LogP contribution in [0.3, 0.4) is 0 Å². The van der Waals surface area contributed by atoms with Crippen LogP contribution in [0.1, 0.15) is 46.3 Å². The fourth-order valence-corrected chi connectivity index (χ4v) is 5.16. The van der Waals surface area contributed by atoms with Crippen LogP contribution in [0.25, 0.3) is 0 Å². The number of hydrogen-bond donors (Lipinski definition) is 1. The van der Waals surface area contributed by atoms with Crippen molar-refractivity contribution in [2.24, 2.45) is 5.92 Å². The zero-order chi connectivity index (χ0) is 30.9. The number of methoxy groups -OCH3 is 1. The van der Waals surface area contributed by atoms with Crippen LogP contribution >= 0.6 is 0 Å². The molecule has 1 N–H and O–H groups in total. The fourth-order valence-electron chi connectivity index (χ4n) is 5.16. The van der Waals surface area contributed by atoms with Gasteiger partial charge in [-0.15, -0.1) is 0 Å². The second kappa shape index (κ2) is 14.5. The molecule has 1 fully saturated rings. The van der Waals surface area contributed by atoms with Crippen molar-refractivity contribution in [2.45, 2.75) is 38.6 Å². The van der Waals surface area contributed by atoms with Crippen LogP contribution in [0.4, 0.5) is 11.4 Å². The third-order valence-electron chi connectivity index (χ3n) is 7.69. The number of amides is 1. The number of anilines is 2. The number of esters is 1. The van der Waals surface area contributed by atoms with Crippen molar-refractivity contribution in [3.8, 4) is 5.75 Å². The predicted octanol–water partition coefficient (Wildman–Crippen LogP) is 6.63. The van der Waals surface area contributed by atoms with Crippen molar-refractivity contribution in [3.63, 3.8) is 0 Å². The molecule has 0 unspecified atom stereocenters. The van der Waals surface area contributed by atoms with E-state index in [0.29, 0.717) is 48.6 Å². The van der Waals surface area contributed by atoms with Gasteiger partial charge in [0, 0.05) is 41.4 Å². The number of carbonyl (C=O) groups is 3. The van der Waals surface area contributed by atoms with Crippen molar-refractivity contribution >= 4 is 29.0 Å². The van der Waals surface area contributed by atoms with E-state index < -0.39 is 12.0 Å². The molecule has 7 nitrogen and oxygen atoms in total. The van der Waals surface area contributed by atoms with Gasteiger partial charge in [-0.25, -0.2) is 4.79 Å². The van der Waals surface area contributed by atoms with E-state index in [4.69, 9.17) is 9.47 Å². The van der Waals surface area contributed by atoms with E-state index in [2.05, 4.69) is 11.4 Å². The monoisotopic (exact) mass is 590 g/mol. The number of carbonyl (C=O) groups excluding carboxylic acids is 3. The van der Waals surface area contributed by atoms with E-state index >= 15 is 0 Å². The lowest BCUT2D eigenvalue weighted by Gasteiger charge is -2.23. The molecule has 1 aliphatic rings. The molecule has 4 aromatic rings. The van der Waals surface area contributed by atoms with E-state index in [1.807, 2.05) is 78.6 Å². The Morgan fingerprint density at radius 1 is 0.886 bits per heavy atom. The molecular weight excluding hydrogens is 552 g/mol. The highest BCUT2D eigenvalue weighted by molar-refractivity contribution is 6.12. The number of para-hydroxylation sites is 1. The molecule has 0 bridgehead atoms. The quantitative estimate of drug-likeness (QED) is 0.101. The third-order valence-corrected chi connectivity index (χ3v) is 7.69. The molecule has 5 rings (SSSR count). The second-order valence-corrected chi connectivity index (χ2v) is 11.1. The van der Waals surface area contributed by atoms with Crippen molar-refractivity contribution in [2.75, 3.05) is 30.5 Å². The van der Waals surface area contributed by atoms with Crippen molar-refractivity contribution in [1.29, 1.82) is 0 Å². The number of benzene rings is 4. The van der Waals surface area contributed by atoms with Crippen molar-refractivity contribution in [1.82, 2.24) is 0 Å². The van der Waals surface area contributed by atoms with Gasteiger partial charge in [0.15, 0.2) is 5.78 Å². The summed E-state index contributed by atoms with van der Waals surface area (Å²) in [7, 11) is 1.35. The Balaban J connectivity index is 1.18. The van der Waals surface area contributed by atoms with E-state index in [9.17, 15) is 14.4 Å². The lowest BCUT2D eigenvalue weighted by molar-refractivity contribution is -0.141. The Kier molecular flexibility index (Phi) is 10.1. The minimum Gasteiger partial charge on any atom is -0.494 e. The average molecular weight is 591 g/mol. The molecule has 0 radical (unpaired) electrons. The van der Waals surface area contributed by atoms with Gasteiger partial charge in [0.25, 0.3) is 0 Å². The maximum absolute atomic E-state index is 13.2. The Bertz CT molecular complexity index is 1580. The topological polar surface area (TPSA) is 84.9 Å². The zero-order valence-electron chi connectivity index (χ0n) is 25.2. The maximum atomic E-state index is 13.2. The number of hydrogen-bond acceptors (Lipinski definition) is 6. The minimum absolute atomic E-state index is 0.127. The van der Waals surface area contributed by atoms with Crippen LogP contribution in [0, 0.1) is 12.8 Å². The van der Waals surface area contributed by atoms with Crippen LogP contribution in [-0.4, -0.2) is 44.0 Å². The number of nitrogens with zero attached hydrogens (tertiary/aromatic N) is 1. The third kappa shape index (κ3) is 7.92. The molecular formula is C37H38N2O5. The van der Waals surface area contributed by atoms with Crippen molar-refractivity contribution < 1.29 is 23.9 Å². The van der Waals surface area contributed by atoms with Crippen LogP contribution in [-0.2, 0) is 20.7 Å². The standard InChI is InChI=1S/C37H38N2O5/c1-26-10-8-13-30(24-26)39(36(41)29-18-19-29)22-9-23-44-31-20-16-27(17-21-31)25-34(37(42)43-2)38-33-15-7-6-14-32(33)35(40)28-11-4-3-5-12-28/h3-8,10-17,20-21,24,29,34,38H,9,18-19,22-23,25H2,1-2H3/t34-/m0/s1. The molecule has 0 aliphatic heterocycles. The van der Waals surface area contributed by atoms with Crippen LogP contribution in [0.5, 0.6) is 5.75 Å². The van der Waals surface area contributed by atoms with Gasteiger partial charge in [0.2, 0.25) is 5.91 Å². The average Bonchev–Trinajstić information content (AvgIpc) is 3.91. The van der Waals surface area contributed by atoms with Gasteiger partial charge in [-0.2, -0.15) is 0 Å². The molecule has 1 saturated carbocycles. The summed E-state index contributed by atoms with van der Waals surface area (Å²) in [6.45, 7) is 3.10. The van der Waals surface area contributed by atoms with E-state index in [0.717, 1.165) is 29.7 Å². The maximum Gasteiger partial charge on any atom is 0.328 e. The Labute approximate surface area is 258 Å². The van der Waals surface area contributed by atoms with Crippen LogP contribution < -0.4 is 15.0 Å². The molecule has 4 aromatic carbocycles. The number of ether oxygens (including phenoxy) is 2. The lowest BCUT2D eigenvalue weighted by atomic mass is 10.00. The number of rotatable bonds is 14.